The summed E-state index contributed by atoms with van der Waals surface area (Å²) in [5, 5.41) is 1.33. The molecule has 22 heavy (non-hydrogen) atoms. The van der Waals surface area contributed by atoms with Gasteiger partial charge in [-0.3, -0.25) is 20.0 Å². The van der Waals surface area contributed by atoms with Crippen LogP contribution in [0.3, 0.4) is 0 Å². The van der Waals surface area contributed by atoms with Gasteiger partial charge in [-0.1, -0.05) is 12.2 Å². The van der Waals surface area contributed by atoms with Crippen molar-refractivity contribution in [2.75, 3.05) is 21.3 Å². The molecule has 0 saturated heterocycles. The van der Waals surface area contributed by atoms with E-state index in [-0.39, 0.29) is 0 Å². The summed E-state index contributed by atoms with van der Waals surface area (Å²) in [7, 11) is 4.61. The summed E-state index contributed by atoms with van der Waals surface area (Å²) in [4.78, 5) is 23.2. The van der Waals surface area contributed by atoms with E-state index in [4.69, 9.17) is 27.4 Å². The quantitative estimate of drug-likeness (QED) is 0.464. The number of rotatable bonds is 5. The van der Waals surface area contributed by atoms with Crippen molar-refractivity contribution >= 4 is 29.0 Å². The summed E-state index contributed by atoms with van der Waals surface area (Å²) in [5.74, 6) is -1.08. The van der Waals surface area contributed by atoms with E-state index in [0.29, 0.717) is 22.1 Å². The molecule has 0 radical (unpaired) electrons. The fourth-order valence-electron chi connectivity index (χ4n) is 1.60. The molecule has 1 aromatic carbocycles. The molecule has 1 aromatic rings. The maximum atomic E-state index is 11.8. The van der Waals surface area contributed by atoms with Gasteiger partial charge in [-0.15, -0.1) is 0 Å². The number of ether oxygens (including phenoxy) is 2. The van der Waals surface area contributed by atoms with Gasteiger partial charge in [0.05, 0.1) is 19.8 Å². The van der Waals surface area contributed by atoms with Gasteiger partial charge in [0.2, 0.25) is 5.91 Å². The van der Waals surface area contributed by atoms with Gasteiger partial charge in [-0.2, -0.15) is 0 Å². The van der Waals surface area contributed by atoms with Crippen molar-refractivity contribution < 1.29 is 19.1 Å². The first kappa shape index (κ1) is 17.7. The number of hydrogen-bond acceptors (Lipinski definition) is 5. The third-order valence-corrected chi connectivity index (χ3v) is 3.53. The number of amides is 2. The minimum Gasteiger partial charge on any atom is -0.497 e. The van der Waals surface area contributed by atoms with Gasteiger partial charge in [0.25, 0.3) is 5.91 Å². The van der Waals surface area contributed by atoms with Crippen LogP contribution in [0.25, 0.3) is 0 Å². The average molecular weight is 325 g/mol. The van der Waals surface area contributed by atoms with Crippen molar-refractivity contribution in [1.29, 1.82) is 0 Å². The topological polar surface area (TPSA) is 93.9 Å². The van der Waals surface area contributed by atoms with Gasteiger partial charge in [0.1, 0.15) is 22.4 Å². The van der Waals surface area contributed by atoms with E-state index in [2.05, 4.69) is 5.43 Å². The first-order valence-corrected chi connectivity index (χ1v) is 6.82. The minimum atomic E-state index is -0.961. The molecule has 8 heteroatoms. The lowest BCUT2D eigenvalue weighted by atomic mass is 10.1. The van der Waals surface area contributed by atoms with Crippen LogP contribution in [0.15, 0.2) is 18.2 Å². The zero-order valence-corrected chi connectivity index (χ0v) is 13.7. The number of primary amides is 1. The van der Waals surface area contributed by atoms with Crippen LogP contribution in [0.2, 0.25) is 0 Å². The molecule has 1 rings (SSSR count). The highest BCUT2D eigenvalue weighted by Gasteiger charge is 2.22. The second kappa shape index (κ2) is 7.60. The van der Waals surface area contributed by atoms with E-state index in [1.807, 2.05) is 0 Å². The van der Waals surface area contributed by atoms with Crippen LogP contribution < -0.4 is 20.6 Å². The molecule has 0 heterocycles. The maximum Gasteiger partial charge on any atom is 0.250 e. The Morgan fingerprint density at radius 2 is 1.95 bits per heavy atom. The predicted molar refractivity (Wildman–Crippen MR) is 85.5 cm³/mol. The van der Waals surface area contributed by atoms with Gasteiger partial charge in [0, 0.05) is 7.05 Å². The lowest BCUT2D eigenvalue weighted by Crippen LogP contribution is -2.47. The molecule has 120 valence electrons. The number of hydrogen-bond donors (Lipinski definition) is 2. The number of hydrazine groups is 1. The standard InChI is InChI=1S/C14H19N3O4S/c1-8(12(15)18)13(19)16-17(2)14(22)10-7-9(20-3)5-6-11(10)21-4/h5-8H,1-4H3,(H2,15,18)(H,16,19). The fourth-order valence-corrected chi connectivity index (χ4v) is 1.81. The molecule has 0 bridgehead atoms. The van der Waals surface area contributed by atoms with Crippen LogP contribution in [-0.4, -0.2) is 43.1 Å². The van der Waals surface area contributed by atoms with Crippen LogP contribution in [0.4, 0.5) is 0 Å². The molecule has 7 nitrogen and oxygen atoms in total. The summed E-state index contributed by atoms with van der Waals surface area (Å²) in [6, 6.07) is 5.14. The molecular formula is C14H19N3O4S. The summed E-state index contributed by atoms with van der Waals surface area (Å²) in [5.41, 5.74) is 8.18. The number of nitrogens with two attached hydrogens (primary N) is 1. The number of carbonyl (C=O) groups excluding carboxylic acids is 2. The zero-order valence-electron chi connectivity index (χ0n) is 12.9. The first-order chi connectivity index (χ1) is 10.3. The number of thiocarbonyl (C=S) groups is 1. The maximum absolute atomic E-state index is 11.8. The monoisotopic (exact) mass is 325 g/mol. The van der Waals surface area contributed by atoms with E-state index in [0.717, 1.165) is 0 Å². The summed E-state index contributed by atoms with van der Waals surface area (Å²) in [6.07, 6.45) is 0. The SMILES string of the molecule is COc1ccc(OC)c(C(=S)N(C)NC(=O)C(C)C(N)=O)c1. The Labute approximate surface area is 134 Å². The van der Waals surface area contributed by atoms with Crippen molar-refractivity contribution in [1.82, 2.24) is 10.4 Å². The average Bonchev–Trinajstić information content (AvgIpc) is 2.52. The molecule has 3 N–H and O–H groups in total. The predicted octanol–water partition coefficient (Wildman–Crippen LogP) is 0.464. The summed E-state index contributed by atoms with van der Waals surface area (Å²) >= 11 is 5.33. The van der Waals surface area contributed by atoms with Crippen LogP contribution >= 0.6 is 12.2 Å². The molecule has 0 aromatic heterocycles. The number of methoxy groups -OCH3 is 2. The smallest absolute Gasteiger partial charge is 0.250 e. The number of nitrogens with zero attached hydrogens (tertiary/aromatic N) is 1. The summed E-state index contributed by atoms with van der Waals surface area (Å²) in [6.45, 7) is 1.42. The van der Waals surface area contributed by atoms with E-state index < -0.39 is 17.7 Å². The number of nitrogens with one attached hydrogen (secondary N) is 1. The lowest BCUT2D eigenvalue weighted by molar-refractivity contribution is -0.134. The highest BCUT2D eigenvalue weighted by Crippen LogP contribution is 2.25. The van der Waals surface area contributed by atoms with Crippen LogP contribution in [0.5, 0.6) is 11.5 Å². The molecule has 2 amide bonds. The molecule has 0 aliphatic heterocycles. The van der Waals surface area contributed by atoms with Gasteiger partial charge in [-0.05, 0) is 25.1 Å². The largest absolute Gasteiger partial charge is 0.497 e. The van der Waals surface area contributed by atoms with E-state index in [9.17, 15) is 9.59 Å². The van der Waals surface area contributed by atoms with E-state index in [1.165, 1.54) is 26.2 Å². The van der Waals surface area contributed by atoms with Crippen LogP contribution in [-0.2, 0) is 9.59 Å². The normalized spacial score (nSPS) is 11.3. The third kappa shape index (κ3) is 4.08. The minimum absolute atomic E-state index is 0.306. The Morgan fingerprint density at radius 1 is 1.32 bits per heavy atom. The Balaban J connectivity index is 2.95. The van der Waals surface area contributed by atoms with Crippen LogP contribution in [0.1, 0.15) is 12.5 Å². The number of carbonyl (C=O) groups is 2. The van der Waals surface area contributed by atoms with Gasteiger partial charge < -0.3 is 15.2 Å². The Hall–Kier alpha value is -2.35. The molecule has 0 aliphatic carbocycles. The third-order valence-electron chi connectivity index (χ3n) is 3.04. The Bertz CT molecular complexity index is 591. The van der Waals surface area contributed by atoms with Crippen molar-refractivity contribution in [3.8, 4) is 11.5 Å². The molecule has 0 fully saturated rings. The molecule has 1 unspecified atom stereocenters. The van der Waals surface area contributed by atoms with Gasteiger partial charge in [0.15, 0.2) is 0 Å². The van der Waals surface area contributed by atoms with E-state index in [1.54, 1.807) is 25.2 Å². The van der Waals surface area contributed by atoms with Crippen LogP contribution in [0, 0.1) is 5.92 Å². The van der Waals surface area contributed by atoms with Gasteiger partial charge in [-0.25, -0.2) is 0 Å². The zero-order chi connectivity index (χ0) is 16.9. The molecule has 0 spiro atoms. The fraction of sp³-hybridized carbons (Fsp3) is 0.357. The number of benzene rings is 1. The first-order valence-electron chi connectivity index (χ1n) is 6.41. The Kier molecular flexibility index (Phi) is 6.11. The van der Waals surface area contributed by atoms with Crippen molar-refractivity contribution in [3.63, 3.8) is 0 Å². The van der Waals surface area contributed by atoms with E-state index >= 15 is 0 Å². The van der Waals surface area contributed by atoms with Gasteiger partial charge >= 0.3 is 0 Å². The van der Waals surface area contributed by atoms with Crippen molar-refractivity contribution in [3.05, 3.63) is 23.8 Å². The highest BCUT2D eigenvalue weighted by atomic mass is 32.1. The lowest BCUT2D eigenvalue weighted by Gasteiger charge is -2.23. The molecular weight excluding hydrogens is 306 g/mol. The van der Waals surface area contributed by atoms with Crippen molar-refractivity contribution in [2.45, 2.75) is 6.92 Å². The molecule has 0 saturated carbocycles. The second-order valence-electron chi connectivity index (χ2n) is 4.53. The molecule has 1 atom stereocenters. The Morgan fingerprint density at radius 3 is 2.45 bits per heavy atom. The highest BCUT2D eigenvalue weighted by molar-refractivity contribution is 7.80. The van der Waals surface area contributed by atoms with Crippen molar-refractivity contribution in [2.24, 2.45) is 11.7 Å². The molecule has 0 aliphatic rings. The second-order valence-corrected chi connectivity index (χ2v) is 4.92. The summed E-state index contributed by atoms with van der Waals surface area (Å²) < 4.78 is 10.4.